The maximum absolute atomic E-state index is 13.0. The average molecular weight is 370 g/mol. The molecule has 1 saturated heterocycles. The molecule has 0 radical (unpaired) electrons. The fourth-order valence-corrected chi connectivity index (χ4v) is 4.20. The maximum Gasteiger partial charge on any atom is 0.417 e. The van der Waals surface area contributed by atoms with E-state index in [0.29, 0.717) is 0 Å². The number of rotatable bonds is 6. The van der Waals surface area contributed by atoms with Crippen LogP contribution in [0, 0.1) is 0 Å². The quantitative estimate of drug-likeness (QED) is 0.848. The normalized spacial score (nSPS) is 19.2. The molecule has 1 saturated carbocycles. The van der Waals surface area contributed by atoms with Crippen molar-refractivity contribution in [2.45, 2.75) is 24.3 Å². The first-order chi connectivity index (χ1) is 12.6. The number of carbonyl (C=O) groups excluding carboxylic acids is 3. The highest BCUT2D eigenvalue weighted by molar-refractivity contribution is 7.10. The van der Waals surface area contributed by atoms with E-state index in [1.54, 1.807) is 11.3 Å². The fourth-order valence-electron chi connectivity index (χ4n) is 3.22. The van der Waals surface area contributed by atoms with E-state index in [-0.39, 0.29) is 25.0 Å². The lowest BCUT2D eigenvalue weighted by Crippen LogP contribution is -2.43. The predicted molar refractivity (Wildman–Crippen MR) is 95.6 cm³/mol. The monoisotopic (exact) mass is 370 g/mol. The minimum atomic E-state index is -0.662. The van der Waals surface area contributed by atoms with Crippen molar-refractivity contribution in [3.63, 3.8) is 0 Å². The lowest BCUT2D eigenvalue weighted by molar-refractivity contribution is -0.128. The summed E-state index contributed by atoms with van der Waals surface area (Å²) in [6.07, 6.45) is 0.960. The molecule has 1 unspecified atom stereocenters. The Hall–Kier alpha value is -2.67. The second kappa shape index (κ2) is 6.57. The molecule has 1 N–H and O–H groups in total. The van der Waals surface area contributed by atoms with Crippen molar-refractivity contribution in [1.29, 1.82) is 0 Å². The molecule has 0 bridgehead atoms. The number of benzene rings is 1. The summed E-state index contributed by atoms with van der Waals surface area (Å²) in [5.41, 5.74) is 0.367. The molecule has 1 aromatic heterocycles. The van der Waals surface area contributed by atoms with Crippen LogP contribution in [0.3, 0.4) is 0 Å². The number of nitrogens with zero attached hydrogens (tertiary/aromatic N) is 1. The van der Waals surface area contributed by atoms with Crippen molar-refractivity contribution >= 4 is 29.2 Å². The first-order valence-corrected chi connectivity index (χ1v) is 9.35. The van der Waals surface area contributed by atoms with Crippen LogP contribution in [-0.4, -0.2) is 36.0 Å². The van der Waals surface area contributed by atoms with Gasteiger partial charge in [-0.05, 0) is 29.9 Å². The first kappa shape index (κ1) is 16.8. The van der Waals surface area contributed by atoms with Gasteiger partial charge in [0.15, 0.2) is 6.61 Å². The van der Waals surface area contributed by atoms with Crippen LogP contribution in [0.4, 0.5) is 4.79 Å². The minimum absolute atomic E-state index is 0.0613. The molecule has 2 aromatic rings. The van der Waals surface area contributed by atoms with E-state index in [4.69, 9.17) is 4.74 Å². The SMILES string of the molecule is O=C1COC(=O)N1CC(NC(=O)C1(c2cccs2)CC1)c1ccccc1. The lowest BCUT2D eigenvalue weighted by atomic mass is 10.0. The summed E-state index contributed by atoms with van der Waals surface area (Å²) in [6.45, 7) is -0.179. The maximum atomic E-state index is 13.0. The summed E-state index contributed by atoms with van der Waals surface area (Å²) < 4.78 is 4.78. The van der Waals surface area contributed by atoms with E-state index in [9.17, 15) is 14.4 Å². The van der Waals surface area contributed by atoms with E-state index in [2.05, 4.69) is 5.32 Å². The number of cyclic esters (lactones) is 1. The van der Waals surface area contributed by atoms with Gasteiger partial charge in [0.25, 0.3) is 5.91 Å². The third-order valence-electron chi connectivity index (χ3n) is 4.89. The smallest absolute Gasteiger partial charge is 0.417 e. The molecule has 2 fully saturated rings. The van der Waals surface area contributed by atoms with Crippen LogP contribution < -0.4 is 5.32 Å². The Labute approximate surface area is 154 Å². The van der Waals surface area contributed by atoms with Crippen molar-refractivity contribution in [2.75, 3.05) is 13.2 Å². The van der Waals surface area contributed by atoms with E-state index in [1.165, 1.54) is 0 Å². The number of amides is 3. The summed E-state index contributed by atoms with van der Waals surface area (Å²) >= 11 is 1.58. The Balaban J connectivity index is 1.57. The molecule has 0 spiro atoms. The Morgan fingerprint density at radius 1 is 1.19 bits per heavy atom. The second-order valence-electron chi connectivity index (χ2n) is 6.56. The number of imide groups is 1. The van der Waals surface area contributed by atoms with Gasteiger partial charge in [0.2, 0.25) is 5.91 Å². The van der Waals surface area contributed by atoms with Crippen molar-refractivity contribution in [3.8, 4) is 0 Å². The molecule has 26 heavy (non-hydrogen) atoms. The van der Waals surface area contributed by atoms with Gasteiger partial charge in [0.1, 0.15) is 0 Å². The highest BCUT2D eigenvalue weighted by atomic mass is 32.1. The van der Waals surface area contributed by atoms with Crippen molar-refractivity contribution in [3.05, 3.63) is 58.3 Å². The Bertz CT molecular complexity index is 814. The molecule has 7 heteroatoms. The fraction of sp³-hybridized carbons (Fsp3) is 0.316. The molecular formula is C19H18N2O4S. The molecule has 6 nitrogen and oxygen atoms in total. The van der Waals surface area contributed by atoms with Gasteiger partial charge < -0.3 is 10.1 Å². The molecule has 1 aliphatic carbocycles. The zero-order chi connectivity index (χ0) is 18.1. The van der Waals surface area contributed by atoms with Crippen LogP contribution >= 0.6 is 11.3 Å². The van der Waals surface area contributed by atoms with Gasteiger partial charge >= 0.3 is 6.09 Å². The largest absolute Gasteiger partial charge is 0.439 e. The summed E-state index contributed by atoms with van der Waals surface area (Å²) in [7, 11) is 0. The second-order valence-corrected chi connectivity index (χ2v) is 7.50. The van der Waals surface area contributed by atoms with Crippen LogP contribution in [0.5, 0.6) is 0 Å². The molecule has 4 rings (SSSR count). The van der Waals surface area contributed by atoms with Crippen molar-refractivity contribution in [2.24, 2.45) is 0 Å². The third-order valence-corrected chi connectivity index (χ3v) is 5.96. The number of thiophene rings is 1. The van der Waals surface area contributed by atoms with Crippen molar-refractivity contribution in [1.82, 2.24) is 10.2 Å². The summed E-state index contributed by atoms with van der Waals surface area (Å²) in [4.78, 5) is 38.8. The number of hydrogen-bond donors (Lipinski definition) is 1. The highest BCUT2D eigenvalue weighted by Crippen LogP contribution is 2.50. The van der Waals surface area contributed by atoms with Gasteiger partial charge in [-0.25, -0.2) is 9.69 Å². The van der Waals surface area contributed by atoms with Gasteiger partial charge in [0.05, 0.1) is 18.0 Å². The van der Waals surface area contributed by atoms with Crippen LogP contribution in [0.25, 0.3) is 0 Å². The van der Waals surface area contributed by atoms with E-state index in [0.717, 1.165) is 28.2 Å². The van der Waals surface area contributed by atoms with Crippen LogP contribution in [0.1, 0.15) is 29.3 Å². The standard InChI is InChI=1S/C19H18N2O4S/c22-16-12-25-18(24)21(16)11-14(13-5-2-1-3-6-13)20-17(23)19(8-9-19)15-7-4-10-26-15/h1-7,10,14H,8-9,11-12H2,(H,20,23). The predicted octanol–water partition coefficient (Wildman–Crippen LogP) is 2.62. The Kier molecular flexibility index (Phi) is 4.24. The molecular weight excluding hydrogens is 352 g/mol. The van der Waals surface area contributed by atoms with Gasteiger partial charge in [0, 0.05) is 4.88 Å². The topological polar surface area (TPSA) is 75.7 Å². The van der Waals surface area contributed by atoms with E-state index in [1.807, 2.05) is 47.8 Å². The van der Waals surface area contributed by atoms with E-state index < -0.39 is 17.6 Å². The van der Waals surface area contributed by atoms with Crippen LogP contribution in [0.2, 0.25) is 0 Å². The molecule has 3 amide bonds. The number of nitrogens with one attached hydrogen (secondary N) is 1. The lowest BCUT2D eigenvalue weighted by Gasteiger charge is -2.25. The van der Waals surface area contributed by atoms with E-state index >= 15 is 0 Å². The average Bonchev–Trinajstić information content (AvgIpc) is 3.16. The number of carbonyl (C=O) groups is 3. The highest BCUT2D eigenvalue weighted by Gasteiger charge is 2.52. The molecule has 134 valence electrons. The zero-order valence-electron chi connectivity index (χ0n) is 14.0. The summed E-state index contributed by atoms with van der Waals surface area (Å²) in [5.74, 6) is -0.446. The van der Waals surface area contributed by atoms with Crippen LogP contribution in [0.15, 0.2) is 47.8 Å². The minimum Gasteiger partial charge on any atom is -0.439 e. The summed E-state index contributed by atoms with van der Waals surface area (Å²) in [6, 6.07) is 12.8. The number of ether oxygens (including phenoxy) is 1. The number of hydrogen-bond acceptors (Lipinski definition) is 5. The molecule has 2 aliphatic rings. The Morgan fingerprint density at radius 2 is 1.96 bits per heavy atom. The first-order valence-electron chi connectivity index (χ1n) is 8.47. The van der Waals surface area contributed by atoms with Crippen LogP contribution in [-0.2, 0) is 19.7 Å². The van der Waals surface area contributed by atoms with Crippen molar-refractivity contribution < 1.29 is 19.1 Å². The van der Waals surface area contributed by atoms with Gasteiger partial charge in [-0.3, -0.25) is 9.59 Å². The zero-order valence-corrected chi connectivity index (χ0v) is 14.8. The molecule has 1 atom stereocenters. The summed E-state index contributed by atoms with van der Waals surface area (Å²) in [5, 5.41) is 5.03. The third kappa shape index (κ3) is 2.99. The Morgan fingerprint density at radius 3 is 2.54 bits per heavy atom. The van der Waals surface area contributed by atoms with Gasteiger partial charge in [-0.15, -0.1) is 11.3 Å². The molecule has 2 heterocycles. The molecule has 1 aromatic carbocycles. The van der Waals surface area contributed by atoms with Gasteiger partial charge in [-0.2, -0.15) is 0 Å². The van der Waals surface area contributed by atoms with Gasteiger partial charge in [-0.1, -0.05) is 36.4 Å². The molecule has 1 aliphatic heterocycles.